The van der Waals surface area contributed by atoms with Gasteiger partial charge < -0.3 is 19.9 Å². The smallest absolute Gasteiger partial charge is 0.341 e. The lowest BCUT2D eigenvalue weighted by Gasteiger charge is -2.36. The molecule has 10 heteroatoms. The van der Waals surface area contributed by atoms with Gasteiger partial charge in [-0.15, -0.1) is 11.3 Å². The van der Waals surface area contributed by atoms with Crippen LogP contribution in [0, 0.1) is 13.8 Å². The molecule has 2 aromatic rings. The third-order valence-corrected chi connectivity index (χ3v) is 7.07. The van der Waals surface area contributed by atoms with Crippen molar-refractivity contribution in [3.63, 3.8) is 0 Å². The average Bonchev–Trinajstić information content (AvgIpc) is 3.10. The fourth-order valence-corrected chi connectivity index (χ4v) is 5.19. The van der Waals surface area contributed by atoms with Gasteiger partial charge in [-0.2, -0.15) is 0 Å². The second kappa shape index (κ2) is 10.5. The first-order chi connectivity index (χ1) is 15.6. The van der Waals surface area contributed by atoms with Crippen LogP contribution in [-0.4, -0.2) is 81.5 Å². The van der Waals surface area contributed by atoms with Crippen LogP contribution in [0.4, 0.5) is 10.7 Å². The monoisotopic (exact) mass is 492 g/mol. The molecule has 1 aromatic carbocycles. The number of piperazine rings is 1. The minimum absolute atomic E-state index is 0.191. The van der Waals surface area contributed by atoms with Gasteiger partial charge in [0, 0.05) is 51.0 Å². The number of benzene rings is 1. The highest BCUT2D eigenvalue weighted by atomic mass is 35.5. The highest BCUT2D eigenvalue weighted by Gasteiger charge is 2.28. The van der Waals surface area contributed by atoms with Crippen molar-refractivity contribution >= 4 is 51.4 Å². The van der Waals surface area contributed by atoms with E-state index in [1.54, 1.807) is 21.0 Å². The third-order valence-electron chi connectivity index (χ3n) is 5.64. The first kappa shape index (κ1) is 25.0. The summed E-state index contributed by atoms with van der Waals surface area (Å²) in [7, 11) is 4.56. The summed E-state index contributed by atoms with van der Waals surface area (Å²) in [6.45, 7) is 6.93. The molecule has 8 nitrogen and oxygen atoms in total. The Morgan fingerprint density at radius 1 is 1.15 bits per heavy atom. The van der Waals surface area contributed by atoms with Gasteiger partial charge in [-0.1, -0.05) is 17.7 Å². The fourth-order valence-electron chi connectivity index (χ4n) is 3.80. The molecule has 1 fully saturated rings. The first-order valence-electron chi connectivity index (χ1n) is 10.6. The molecule has 0 radical (unpaired) electrons. The van der Waals surface area contributed by atoms with Gasteiger partial charge in [-0.05, 0) is 37.1 Å². The molecule has 178 valence electrons. The average molecular weight is 493 g/mol. The molecule has 33 heavy (non-hydrogen) atoms. The molecule has 0 aliphatic carbocycles. The molecule has 0 bridgehead atoms. The van der Waals surface area contributed by atoms with Gasteiger partial charge in [0.05, 0.1) is 24.1 Å². The van der Waals surface area contributed by atoms with Crippen LogP contribution in [0.1, 0.15) is 31.2 Å². The zero-order valence-electron chi connectivity index (χ0n) is 19.5. The Morgan fingerprint density at radius 3 is 2.42 bits per heavy atom. The number of methoxy groups -OCH3 is 1. The van der Waals surface area contributed by atoms with Crippen LogP contribution in [0.2, 0.25) is 5.02 Å². The summed E-state index contributed by atoms with van der Waals surface area (Å²) in [4.78, 5) is 43.8. The summed E-state index contributed by atoms with van der Waals surface area (Å²) >= 11 is 7.25. The topological polar surface area (TPSA) is 82.2 Å². The fraction of sp³-hybridized carbons (Fsp3) is 0.435. The van der Waals surface area contributed by atoms with E-state index < -0.39 is 5.97 Å². The lowest BCUT2D eigenvalue weighted by molar-refractivity contribution is -0.117. The first-order valence-corrected chi connectivity index (χ1v) is 11.8. The Hall–Kier alpha value is -2.62. The van der Waals surface area contributed by atoms with Crippen LogP contribution in [-0.2, 0) is 9.53 Å². The molecule has 1 saturated heterocycles. The molecular formula is C23H29ClN4O4S. The van der Waals surface area contributed by atoms with E-state index in [0.29, 0.717) is 20.5 Å². The number of aryl methyl sites for hydroxylation is 1. The SMILES string of the molecule is COC(=O)c1c(NC(=O)CN2CCN(c3cc(Cl)ccc3C)CC2)sc(C(=O)N(C)C)c1C. The zero-order chi connectivity index (χ0) is 24.3. The van der Waals surface area contributed by atoms with E-state index in [9.17, 15) is 14.4 Å². The number of anilines is 2. The quantitative estimate of drug-likeness (QED) is 0.623. The number of thiophene rings is 1. The van der Waals surface area contributed by atoms with E-state index in [1.807, 2.05) is 18.2 Å². The van der Waals surface area contributed by atoms with E-state index in [4.69, 9.17) is 16.3 Å². The van der Waals surface area contributed by atoms with Crippen LogP contribution < -0.4 is 10.2 Å². The van der Waals surface area contributed by atoms with Gasteiger partial charge in [0.1, 0.15) is 5.00 Å². The molecule has 1 N–H and O–H groups in total. The largest absolute Gasteiger partial charge is 0.465 e. The maximum Gasteiger partial charge on any atom is 0.341 e. The number of ether oxygens (including phenoxy) is 1. The predicted molar refractivity (Wildman–Crippen MR) is 132 cm³/mol. The van der Waals surface area contributed by atoms with Crippen molar-refractivity contribution < 1.29 is 19.1 Å². The van der Waals surface area contributed by atoms with Crippen LogP contribution in [0.3, 0.4) is 0 Å². The molecule has 1 aliphatic heterocycles. The van der Waals surface area contributed by atoms with Gasteiger partial charge in [0.15, 0.2) is 0 Å². The number of nitrogens with zero attached hydrogens (tertiary/aromatic N) is 3. The third kappa shape index (κ3) is 5.66. The number of nitrogens with one attached hydrogen (secondary N) is 1. The zero-order valence-corrected chi connectivity index (χ0v) is 21.1. The Kier molecular flexibility index (Phi) is 7.99. The van der Waals surface area contributed by atoms with E-state index in [2.05, 4.69) is 22.0 Å². The van der Waals surface area contributed by atoms with Gasteiger partial charge in [0.2, 0.25) is 5.91 Å². The lowest BCUT2D eigenvalue weighted by atomic mass is 10.1. The van der Waals surface area contributed by atoms with Crippen molar-refractivity contribution in [3.05, 3.63) is 44.8 Å². The van der Waals surface area contributed by atoms with Crippen molar-refractivity contribution in [3.8, 4) is 0 Å². The molecule has 1 aliphatic rings. The maximum atomic E-state index is 12.8. The minimum atomic E-state index is -0.581. The highest BCUT2D eigenvalue weighted by molar-refractivity contribution is 7.18. The van der Waals surface area contributed by atoms with Crippen molar-refractivity contribution in [1.29, 1.82) is 0 Å². The summed E-state index contributed by atoms with van der Waals surface area (Å²) in [5.41, 5.74) is 3.01. The normalized spacial score (nSPS) is 14.2. The van der Waals surface area contributed by atoms with Crippen molar-refractivity contribution in [2.75, 3.05) is 64.1 Å². The van der Waals surface area contributed by atoms with Crippen LogP contribution in [0.5, 0.6) is 0 Å². The standard InChI is InChI=1S/C23H29ClN4O4S/c1-14-6-7-16(24)12-17(14)28-10-8-27(9-11-28)13-18(29)25-21-19(23(31)32-5)15(2)20(33-21)22(30)26(3)4/h6-7,12H,8-11,13H2,1-5H3,(H,25,29). The summed E-state index contributed by atoms with van der Waals surface area (Å²) < 4.78 is 4.88. The van der Waals surface area contributed by atoms with Crippen molar-refractivity contribution in [2.45, 2.75) is 13.8 Å². The van der Waals surface area contributed by atoms with Crippen LogP contribution in [0.25, 0.3) is 0 Å². The molecular weight excluding hydrogens is 464 g/mol. The van der Waals surface area contributed by atoms with Gasteiger partial charge in [-0.3, -0.25) is 14.5 Å². The maximum absolute atomic E-state index is 12.8. The molecule has 0 spiro atoms. The summed E-state index contributed by atoms with van der Waals surface area (Å²) in [6.07, 6.45) is 0. The molecule has 3 rings (SSSR count). The number of carbonyl (C=O) groups excluding carboxylic acids is 3. The summed E-state index contributed by atoms with van der Waals surface area (Å²) in [6, 6.07) is 5.86. The molecule has 0 saturated carbocycles. The number of carbonyl (C=O) groups is 3. The van der Waals surface area contributed by atoms with Gasteiger partial charge in [0.25, 0.3) is 5.91 Å². The van der Waals surface area contributed by atoms with Crippen LogP contribution in [0.15, 0.2) is 18.2 Å². The number of halogens is 1. The molecule has 0 unspecified atom stereocenters. The Labute approximate surface area is 203 Å². The molecule has 1 aromatic heterocycles. The number of rotatable bonds is 6. The highest BCUT2D eigenvalue weighted by Crippen LogP contribution is 2.34. The number of esters is 1. The van der Waals surface area contributed by atoms with Crippen LogP contribution >= 0.6 is 22.9 Å². The summed E-state index contributed by atoms with van der Waals surface area (Å²) in [5, 5.41) is 3.86. The van der Waals surface area contributed by atoms with E-state index >= 15 is 0 Å². The van der Waals surface area contributed by atoms with E-state index in [1.165, 1.54) is 12.0 Å². The number of hydrogen-bond acceptors (Lipinski definition) is 7. The minimum Gasteiger partial charge on any atom is -0.465 e. The molecule has 2 heterocycles. The second-order valence-corrected chi connectivity index (χ2v) is 9.65. The Balaban J connectivity index is 1.66. The predicted octanol–water partition coefficient (Wildman–Crippen LogP) is 3.27. The molecule has 0 atom stereocenters. The van der Waals surface area contributed by atoms with E-state index in [0.717, 1.165) is 48.8 Å². The number of hydrogen-bond donors (Lipinski definition) is 1. The van der Waals surface area contributed by atoms with Crippen molar-refractivity contribution in [2.24, 2.45) is 0 Å². The van der Waals surface area contributed by atoms with E-state index in [-0.39, 0.29) is 23.9 Å². The summed E-state index contributed by atoms with van der Waals surface area (Å²) in [5.74, 6) is -1.05. The van der Waals surface area contributed by atoms with Crippen molar-refractivity contribution in [1.82, 2.24) is 9.80 Å². The Morgan fingerprint density at radius 2 is 1.82 bits per heavy atom. The van der Waals surface area contributed by atoms with Gasteiger partial charge in [-0.25, -0.2) is 4.79 Å². The molecule has 2 amide bonds. The Bertz CT molecular complexity index is 1060. The van der Waals surface area contributed by atoms with Gasteiger partial charge >= 0.3 is 5.97 Å². The lowest BCUT2D eigenvalue weighted by Crippen LogP contribution is -2.48. The number of amides is 2. The second-order valence-electron chi connectivity index (χ2n) is 8.19.